The van der Waals surface area contributed by atoms with E-state index in [0.717, 1.165) is 0 Å². The number of nitrogens with one attached hydrogen (secondary N) is 2. The Bertz CT molecular complexity index is 410. The van der Waals surface area contributed by atoms with E-state index >= 15 is 0 Å². The Hall–Kier alpha value is -0.0800. The maximum Gasteiger partial charge on any atom is 0.345 e. The van der Waals surface area contributed by atoms with E-state index in [9.17, 15) is 14.6 Å². The Morgan fingerprint density at radius 2 is 2.05 bits per heavy atom. The van der Waals surface area contributed by atoms with Gasteiger partial charge in [0.15, 0.2) is 0 Å². The van der Waals surface area contributed by atoms with Crippen molar-refractivity contribution in [2.24, 2.45) is 0 Å². The standard InChI is InChI=1S/C11H23Cl2N4O4P/c1-9(2)14-11(18)17(19)10-3-8-21-22(20,15-10)16(6-4-12)7-5-13/h9-10,19H,3-8H2,1-2H3,(H,14,18)(H,15,20). The number of carbonyl (C=O) groups is 1. The summed E-state index contributed by atoms with van der Waals surface area (Å²) in [5, 5.41) is 15.8. The van der Waals surface area contributed by atoms with E-state index < -0.39 is 19.9 Å². The lowest BCUT2D eigenvalue weighted by molar-refractivity contribution is -0.0928. The Morgan fingerprint density at radius 1 is 1.45 bits per heavy atom. The van der Waals surface area contributed by atoms with Gasteiger partial charge >= 0.3 is 13.7 Å². The maximum atomic E-state index is 12.9. The number of alkyl halides is 2. The van der Waals surface area contributed by atoms with Crippen LogP contribution in [0, 0.1) is 0 Å². The number of hydrogen-bond donors (Lipinski definition) is 3. The lowest BCUT2D eigenvalue weighted by atomic mass is 10.3. The number of halogens is 2. The first-order chi connectivity index (χ1) is 10.3. The van der Waals surface area contributed by atoms with Crippen LogP contribution in [0.25, 0.3) is 0 Å². The van der Waals surface area contributed by atoms with Gasteiger partial charge in [0.2, 0.25) is 0 Å². The van der Waals surface area contributed by atoms with Gasteiger partial charge in [-0.05, 0) is 13.8 Å². The third-order valence-corrected chi connectivity index (χ3v) is 5.58. The fourth-order valence-corrected chi connectivity index (χ4v) is 4.68. The van der Waals surface area contributed by atoms with E-state index in [0.29, 0.717) is 24.6 Å². The van der Waals surface area contributed by atoms with Crippen LogP contribution in [0.15, 0.2) is 0 Å². The molecule has 11 heteroatoms. The second-order valence-electron chi connectivity index (χ2n) is 5.07. The molecule has 0 aromatic carbocycles. The summed E-state index contributed by atoms with van der Waals surface area (Å²) in [6.07, 6.45) is -0.506. The van der Waals surface area contributed by atoms with Crippen molar-refractivity contribution in [3.05, 3.63) is 0 Å². The number of rotatable bonds is 7. The number of carbonyl (C=O) groups excluding carboxylic acids is 1. The number of hydroxylamine groups is 2. The van der Waals surface area contributed by atoms with E-state index in [1.54, 1.807) is 13.8 Å². The van der Waals surface area contributed by atoms with Crippen molar-refractivity contribution in [1.82, 2.24) is 20.1 Å². The molecule has 0 saturated carbocycles. The summed E-state index contributed by atoms with van der Waals surface area (Å²) in [4.78, 5) is 11.8. The zero-order valence-corrected chi connectivity index (χ0v) is 15.1. The van der Waals surface area contributed by atoms with Crippen molar-refractivity contribution in [3.8, 4) is 0 Å². The Kier molecular flexibility index (Phi) is 8.42. The molecule has 3 N–H and O–H groups in total. The molecule has 2 amide bonds. The van der Waals surface area contributed by atoms with Gasteiger partial charge in [-0.25, -0.2) is 14.6 Å². The Labute approximate surface area is 140 Å². The van der Waals surface area contributed by atoms with Crippen molar-refractivity contribution < 1.29 is 19.1 Å². The van der Waals surface area contributed by atoms with Crippen molar-refractivity contribution in [2.45, 2.75) is 32.5 Å². The van der Waals surface area contributed by atoms with Crippen molar-refractivity contribution in [3.63, 3.8) is 0 Å². The van der Waals surface area contributed by atoms with Crippen LogP contribution >= 0.6 is 30.9 Å². The molecule has 0 spiro atoms. The molecule has 0 aromatic rings. The Morgan fingerprint density at radius 3 is 2.55 bits per heavy atom. The molecule has 130 valence electrons. The fourth-order valence-electron chi connectivity index (χ4n) is 1.94. The summed E-state index contributed by atoms with van der Waals surface area (Å²) in [6.45, 7) is 4.32. The first-order valence-corrected chi connectivity index (χ1v) is 9.67. The summed E-state index contributed by atoms with van der Waals surface area (Å²) in [7, 11) is -3.41. The van der Waals surface area contributed by atoms with E-state index in [2.05, 4.69) is 10.4 Å². The van der Waals surface area contributed by atoms with Crippen LogP contribution in [-0.2, 0) is 9.09 Å². The highest BCUT2D eigenvalue weighted by Crippen LogP contribution is 2.49. The molecule has 1 saturated heterocycles. The molecule has 0 radical (unpaired) electrons. The smallest absolute Gasteiger partial charge is 0.334 e. The van der Waals surface area contributed by atoms with Gasteiger partial charge in [0, 0.05) is 37.3 Å². The molecule has 1 rings (SSSR count). The molecule has 1 fully saturated rings. The third kappa shape index (κ3) is 5.53. The summed E-state index contributed by atoms with van der Waals surface area (Å²) in [5.41, 5.74) is 0. The molecule has 0 bridgehead atoms. The molecule has 1 aliphatic heterocycles. The summed E-state index contributed by atoms with van der Waals surface area (Å²) >= 11 is 11.4. The Balaban J connectivity index is 2.77. The zero-order valence-electron chi connectivity index (χ0n) is 12.7. The molecule has 0 aromatic heterocycles. The van der Waals surface area contributed by atoms with Crippen molar-refractivity contribution in [1.29, 1.82) is 0 Å². The van der Waals surface area contributed by atoms with Crippen LogP contribution in [0.5, 0.6) is 0 Å². The molecule has 1 heterocycles. The largest absolute Gasteiger partial charge is 0.345 e. The second-order valence-corrected chi connectivity index (χ2v) is 7.95. The maximum absolute atomic E-state index is 12.9. The van der Waals surface area contributed by atoms with Crippen LogP contribution < -0.4 is 10.4 Å². The number of nitrogens with zero attached hydrogens (tertiary/aromatic N) is 2. The highest BCUT2D eigenvalue weighted by Gasteiger charge is 2.40. The number of urea groups is 1. The van der Waals surface area contributed by atoms with E-state index in [1.807, 2.05) is 0 Å². The van der Waals surface area contributed by atoms with Gasteiger partial charge in [-0.1, -0.05) is 0 Å². The minimum absolute atomic E-state index is 0.127. The van der Waals surface area contributed by atoms with Crippen molar-refractivity contribution >= 4 is 36.9 Å². The minimum atomic E-state index is -3.41. The molecule has 8 nitrogen and oxygen atoms in total. The van der Waals surface area contributed by atoms with Gasteiger partial charge in [-0.2, -0.15) is 5.06 Å². The third-order valence-electron chi connectivity index (χ3n) is 2.94. The summed E-state index contributed by atoms with van der Waals surface area (Å²) in [6, 6.07) is -0.792. The van der Waals surface area contributed by atoms with Gasteiger partial charge in [-0.3, -0.25) is 9.77 Å². The van der Waals surface area contributed by atoms with E-state index in [-0.39, 0.29) is 24.4 Å². The van der Waals surface area contributed by atoms with Crippen molar-refractivity contribution in [2.75, 3.05) is 31.5 Å². The van der Waals surface area contributed by atoms with Crippen LogP contribution in [0.4, 0.5) is 4.79 Å². The first kappa shape index (κ1) is 20.0. The van der Waals surface area contributed by atoms with Gasteiger partial charge in [0.05, 0.1) is 6.61 Å². The molecule has 2 atom stereocenters. The normalized spacial score (nSPS) is 25.5. The van der Waals surface area contributed by atoms with Crippen LogP contribution in [0.3, 0.4) is 0 Å². The number of hydrogen-bond acceptors (Lipinski definition) is 4. The molecule has 0 aliphatic carbocycles. The predicted octanol–water partition coefficient (Wildman–Crippen LogP) is 2.02. The van der Waals surface area contributed by atoms with Gasteiger partial charge < -0.3 is 9.84 Å². The minimum Gasteiger partial charge on any atom is -0.334 e. The fraction of sp³-hybridized carbons (Fsp3) is 0.909. The molecule has 1 aliphatic rings. The van der Waals surface area contributed by atoms with Gasteiger partial charge in [0.1, 0.15) is 6.17 Å². The van der Waals surface area contributed by atoms with Gasteiger partial charge in [0.25, 0.3) is 0 Å². The zero-order chi connectivity index (χ0) is 16.8. The lowest BCUT2D eigenvalue weighted by Gasteiger charge is -2.39. The highest BCUT2D eigenvalue weighted by atomic mass is 35.5. The summed E-state index contributed by atoms with van der Waals surface area (Å²) < 4.78 is 19.7. The van der Waals surface area contributed by atoms with E-state index in [1.165, 1.54) is 4.67 Å². The topological polar surface area (TPSA) is 94.1 Å². The molecule has 2 unspecified atom stereocenters. The van der Waals surface area contributed by atoms with Gasteiger partial charge in [-0.15, -0.1) is 23.2 Å². The van der Waals surface area contributed by atoms with Crippen LogP contribution in [-0.4, -0.2) is 64.6 Å². The molecular weight excluding hydrogens is 354 g/mol. The van der Waals surface area contributed by atoms with Crippen LogP contribution in [0.2, 0.25) is 0 Å². The van der Waals surface area contributed by atoms with Crippen LogP contribution in [0.1, 0.15) is 20.3 Å². The first-order valence-electron chi connectivity index (χ1n) is 7.02. The SMILES string of the molecule is CC(C)NC(=O)N(O)C1CCOP(=O)(N(CCCl)CCCl)N1. The quantitative estimate of drug-likeness (QED) is 0.272. The average Bonchev–Trinajstić information content (AvgIpc) is 2.45. The summed E-state index contributed by atoms with van der Waals surface area (Å²) in [5.74, 6) is 0.514. The highest BCUT2D eigenvalue weighted by molar-refractivity contribution is 7.54. The predicted molar refractivity (Wildman–Crippen MR) is 85.4 cm³/mol. The van der Waals surface area contributed by atoms with E-state index in [4.69, 9.17) is 27.7 Å². The second kappa shape index (κ2) is 9.27. The average molecular weight is 377 g/mol. The molecular formula is C11H23Cl2N4O4P. The number of amides is 2. The molecule has 22 heavy (non-hydrogen) atoms. The monoisotopic (exact) mass is 376 g/mol. The lowest BCUT2D eigenvalue weighted by Crippen LogP contribution is -2.54.